The van der Waals surface area contributed by atoms with Gasteiger partial charge in [-0.15, -0.1) is 5.10 Å². The van der Waals surface area contributed by atoms with Crippen molar-refractivity contribution >= 4 is 17.7 Å². The number of carboxylic acid groups (broad SMARTS) is 1. The van der Waals surface area contributed by atoms with E-state index in [4.69, 9.17) is 5.11 Å². The van der Waals surface area contributed by atoms with Crippen molar-refractivity contribution in [3.63, 3.8) is 0 Å². The fourth-order valence-electron chi connectivity index (χ4n) is 2.44. The van der Waals surface area contributed by atoms with E-state index in [-0.39, 0.29) is 11.6 Å². The van der Waals surface area contributed by atoms with Gasteiger partial charge < -0.3 is 10.2 Å². The van der Waals surface area contributed by atoms with Crippen LogP contribution in [0, 0.1) is 5.92 Å². The van der Waals surface area contributed by atoms with E-state index in [0.717, 1.165) is 0 Å². The van der Waals surface area contributed by atoms with E-state index in [0.29, 0.717) is 43.1 Å². The Morgan fingerprint density at radius 3 is 2.75 bits per heavy atom. The second-order valence-corrected chi connectivity index (χ2v) is 6.12. The summed E-state index contributed by atoms with van der Waals surface area (Å²) >= 11 is 1.33. The first kappa shape index (κ1) is 15.1. The molecule has 0 spiro atoms. The summed E-state index contributed by atoms with van der Waals surface area (Å²) in [5.74, 6) is -0.713. The van der Waals surface area contributed by atoms with Crippen LogP contribution in [0.5, 0.6) is 0 Å². The number of nitrogens with zero attached hydrogens (tertiary/aromatic N) is 2. The topological polar surface area (TPSA) is 108 Å². The monoisotopic (exact) mass is 301 g/mol. The third-order valence-electron chi connectivity index (χ3n) is 3.77. The number of aromatic amines is 1. The SMILES string of the molecule is CCn1c(SCC2(O)CCC(C(=O)O)CC2)n[nH]c1=O. The van der Waals surface area contributed by atoms with Gasteiger partial charge in [-0.3, -0.25) is 9.36 Å². The summed E-state index contributed by atoms with van der Waals surface area (Å²) in [6.45, 7) is 2.38. The molecule has 0 bridgehead atoms. The molecule has 0 unspecified atom stereocenters. The number of aliphatic carboxylic acids is 1. The Labute approximate surface area is 120 Å². The standard InChI is InChI=1S/C12H19N3O4S/c1-2-15-10(18)13-14-11(15)20-7-12(19)5-3-8(4-6-12)9(16)17/h8,19H,2-7H2,1H3,(H,13,18)(H,16,17). The molecule has 1 fully saturated rings. The van der Waals surface area contributed by atoms with E-state index < -0.39 is 11.6 Å². The van der Waals surface area contributed by atoms with E-state index in [1.54, 1.807) is 0 Å². The van der Waals surface area contributed by atoms with Gasteiger partial charge in [0.15, 0.2) is 5.16 Å². The molecule has 0 aliphatic heterocycles. The number of carboxylic acids is 1. The number of rotatable bonds is 5. The molecule has 0 saturated heterocycles. The number of nitrogens with one attached hydrogen (secondary N) is 1. The lowest BCUT2D eigenvalue weighted by Gasteiger charge is -2.34. The van der Waals surface area contributed by atoms with Crippen molar-refractivity contribution in [1.29, 1.82) is 0 Å². The zero-order valence-electron chi connectivity index (χ0n) is 11.3. The highest BCUT2D eigenvalue weighted by molar-refractivity contribution is 7.99. The minimum Gasteiger partial charge on any atom is -0.481 e. The van der Waals surface area contributed by atoms with Crippen molar-refractivity contribution in [2.75, 3.05) is 5.75 Å². The number of hydrogen-bond donors (Lipinski definition) is 3. The highest BCUT2D eigenvalue weighted by Crippen LogP contribution is 2.35. The molecule has 112 valence electrons. The number of carbonyl (C=O) groups is 1. The Morgan fingerprint density at radius 2 is 2.20 bits per heavy atom. The largest absolute Gasteiger partial charge is 0.481 e. The van der Waals surface area contributed by atoms with E-state index in [1.807, 2.05) is 6.92 Å². The minimum atomic E-state index is -0.871. The summed E-state index contributed by atoms with van der Waals surface area (Å²) < 4.78 is 1.51. The van der Waals surface area contributed by atoms with Gasteiger partial charge in [0.2, 0.25) is 0 Å². The van der Waals surface area contributed by atoms with Crippen LogP contribution in [-0.4, -0.2) is 42.3 Å². The van der Waals surface area contributed by atoms with Crippen LogP contribution in [0.4, 0.5) is 0 Å². The van der Waals surface area contributed by atoms with Gasteiger partial charge in [-0.2, -0.15) is 0 Å². The molecule has 7 nitrogen and oxygen atoms in total. The molecule has 1 saturated carbocycles. The quantitative estimate of drug-likeness (QED) is 0.691. The van der Waals surface area contributed by atoms with Crippen LogP contribution in [-0.2, 0) is 11.3 Å². The van der Waals surface area contributed by atoms with E-state index in [2.05, 4.69) is 10.2 Å². The second kappa shape index (κ2) is 6.01. The molecule has 3 N–H and O–H groups in total. The number of aliphatic hydroxyl groups is 1. The lowest BCUT2D eigenvalue weighted by molar-refractivity contribution is -0.144. The van der Waals surface area contributed by atoms with Crippen LogP contribution >= 0.6 is 11.8 Å². The maximum atomic E-state index is 11.4. The molecule has 0 aromatic carbocycles. The number of aromatic nitrogens is 3. The van der Waals surface area contributed by atoms with Crippen LogP contribution in [0.2, 0.25) is 0 Å². The van der Waals surface area contributed by atoms with E-state index >= 15 is 0 Å². The Bertz CT molecular complexity index is 531. The van der Waals surface area contributed by atoms with Crippen molar-refractivity contribution in [3.05, 3.63) is 10.5 Å². The average Bonchev–Trinajstić information content (AvgIpc) is 2.77. The summed E-state index contributed by atoms with van der Waals surface area (Å²) in [5.41, 5.74) is -1.12. The molecular formula is C12H19N3O4S. The van der Waals surface area contributed by atoms with Crippen LogP contribution in [0.1, 0.15) is 32.6 Å². The van der Waals surface area contributed by atoms with Gasteiger partial charge in [0.1, 0.15) is 0 Å². The van der Waals surface area contributed by atoms with Crippen molar-refractivity contribution in [2.45, 2.75) is 49.9 Å². The molecule has 1 aliphatic carbocycles. The molecule has 0 radical (unpaired) electrons. The Kier molecular flexibility index (Phi) is 4.54. The Morgan fingerprint density at radius 1 is 1.55 bits per heavy atom. The van der Waals surface area contributed by atoms with Crippen molar-refractivity contribution < 1.29 is 15.0 Å². The molecule has 1 heterocycles. The lowest BCUT2D eigenvalue weighted by atomic mass is 9.80. The molecule has 1 aliphatic rings. The normalized spacial score (nSPS) is 26.6. The first-order valence-electron chi connectivity index (χ1n) is 6.68. The van der Waals surface area contributed by atoms with Crippen molar-refractivity contribution in [2.24, 2.45) is 5.92 Å². The van der Waals surface area contributed by atoms with Gasteiger partial charge in [0.05, 0.1) is 11.5 Å². The second-order valence-electron chi connectivity index (χ2n) is 5.18. The molecule has 20 heavy (non-hydrogen) atoms. The molecule has 1 aromatic heterocycles. The summed E-state index contributed by atoms with van der Waals surface area (Å²) in [5, 5.41) is 26.3. The predicted molar refractivity (Wildman–Crippen MR) is 73.8 cm³/mol. The number of hydrogen-bond acceptors (Lipinski definition) is 5. The molecule has 2 rings (SSSR count). The highest BCUT2D eigenvalue weighted by atomic mass is 32.2. The van der Waals surface area contributed by atoms with Gasteiger partial charge in [-0.05, 0) is 32.6 Å². The van der Waals surface area contributed by atoms with Gasteiger partial charge in [0, 0.05) is 12.3 Å². The zero-order valence-corrected chi connectivity index (χ0v) is 12.2. The van der Waals surface area contributed by atoms with Crippen LogP contribution < -0.4 is 5.69 Å². The Hall–Kier alpha value is -1.28. The summed E-state index contributed by atoms with van der Waals surface area (Å²) in [7, 11) is 0. The van der Waals surface area contributed by atoms with Crippen LogP contribution in [0.3, 0.4) is 0 Å². The molecule has 0 amide bonds. The van der Waals surface area contributed by atoms with Crippen molar-refractivity contribution in [3.8, 4) is 0 Å². The third-order valence-corrected chi connectivity index (χ3v) is 5.03. The average molecular weight is 301 g/mol. The molecule has 1 aromatic rings. The highest BCUT2D eigenvalue weighted by Gasteiger charge is 2.36. The van der Waals surface area contributed by atoms with Gasteiger partial charge in [0.25, 0.3) is 0 Å². The lowest BCUT2D eigenvalue weighted by Crippen LogP contribution is -2.38. The first-order valence-corrected chi connectivity index (χ1v) is 7.67. The summed E-state index contributed by atoms with van der Waals surface area (Å²) in [4.78, 5) is 22.3. The fraction of sp³-hybridized carbons (Fsp3) is 0.750. The van der Waals surface area contributed by atoms with Gasteiger partial charge >= 0.3 is 11.7 Å². The van der Waals surface area contributed by atoms with Crippen LogP contribution in [0.15, 0.2) is 9.95 Å². The van der Waals surface area contributed by atoms with Gasteiger partial charge in [-0.1, -0.05) is 11.8 Å². The minimum absolute atomic E-state index is 0.253. The fourth-order valence-corrected chi connectivity index (χ4v) is 3.60. The zero-order chi connectivity index (χ0) is 14.8. The molecular weight excluding hydrogens is 282 g/mol. The van der Waals surface area contributed by atoms with E-state index in [1.165, 1.54) is 16.3 Å². The number of H-pyrrole nitrogens is 1. The van der Waals surface area contributed by atoms with Gasteiger partial charge in [-0.25, -0.2) is 9.89 Å². The molecule has 8 heteroatoms. The number of thioether (sulfide) groups is 1. The van der Waals surface area contributed by atoms with E-state index in [9.17, 15) is 14.7 Å². The predicted octanol–water partition coefficient (Wildman–Crippen LogP) is 0.689. The smallest absolute Gasteiger partial charge is 0.343 e. The molecule has 0 atom stereocenters. The first-order chi connectivity index (χ1) is 9.45. The third kappa shape index (κ3) is 3.24. The van der Waals surface area contributed by atoms with Crippen LogP contribution in [0.25, 0.3) is 0 Å². The maximum Gasteiger partial charge on any atom is 0.343 e. The Balaban J connectivity index is 1.94. The summed E-state index contributed by atoms with van der Waals surface area (Å²) in [6, 6.07) is 0. The van der Waals surface area contributed by atoms with Crippen molar-refractivity contribution in [1.82, 2.24) is 14.8 Å². The summed E-state index contributed by atoms with van der Waals surface area (Å²) in [6.07, 6.45) is 1.93. The maximum absolute atomic E-state index is 11.4.